The Morgan fingerprint density at radius 1 is 1.45 bits per heavy atom. The number of hydrazone groups is 1. The summed E-state index contributed by atoms with van der Waals surface area (Å²) in [7, 11) is 0. The molecule has 1 amide bonds. The highest BCUT2D eigenvalue weighted by molar-refractivity contribution is 8.00. The van der Waals surface area contributed by atoms with Crippen LogP contribution in [-0.2, 0) is 4.79 Å². The Morgan fingerprint density at radius 3 is 2.90 bits per heavy atom. The van der Waals surface area contributed by atoms with Crippen LogP contribution >= 0.6 is 23.4 Å². The van der Waals surface area contributed by atoms with Gasteiger partial charge in [0.2, 0.25) is 5.91 Å². The summed E-state index contributed by atoms with van der Waals surface area (Å²) in [4.78, 5) is 12.8. The van der Waals surface area contributed by atoms with Crippen molar-refractivity contribution in [3.05, 3.63) is 29.3 Å². The zero-order chi connectivity index (χ0) is 14.4. The molecule has 0 unspecified atom stereocenters. The van der Waals surface area contributed by atoms with Crippen molar-refractivity contribution in [2.45, 2.75) is 37.5 Å². The second kappa shape index (κ2) is 7.70. The average Bonchev–Trinajstić information content (AvgIpc) is 2.45. The Bertz CT molecular complexity index is 487. The normalized spacial score (nSPS) is 20.9. The zero-order valence-corrected chi connectivity index (χ0v) is 13.1. The van der Waals surface area contributed by atoms with Crippen LogP contribution in [0.15, 0.2) is 34.3 Å². The molecule has 0 radical (unpaired) electrons. The number of carbonyl (C=O) groups excluding carboxylic acids is 1. The first-order valence-corrected chi connectivity index (χ1v) is 8.22. The van der Waals surface area contributed by atoms with E-state index in [0.717, 1.165) is 23.4 Å². The van der Waals surface area contributed by atoms with Crippen LogP contribution < -0.4 is 5.43 Å². The molecule has 1 aliphatic rings. The maximum absolute atomic E-state index is 11.7. The number of hydrogen-bond donors (Lipinski definition) is 1. The molecule has 0 aliphatic heterocycles. The van der Waals surface area contributed by atoms with Gasteiger partial charge in [-0.1, -0.05) is 18.5 Å². The molecule has 5 heteroatoms. The van der Waals surface area contributed by atoms with Gasteiger partial charge in [0.1, 0.15) is 0 Å². The van der Waals surface area contributed by atoms with Crippen LogP contribution in [0.4, 0.5) is 0 Å². The molecule has 108 valence electrons. The van der Waals surface area contributed by atoms with Gasteiger partial charge < -0.3 is 0 Å². The van der Waals surface area contributed by atoms with Gasteiger partial charge in [0.15, 0.2) is 0 Å². The topological polar surface area (TPSA) is 41.5 Å². The number of carbonyl (C=O) groups is 1. The number of amides is 1. The first-order chi connectivity index (χ1) is 9.63. The molecule has 0 heterocycles. The number of halogens is 1. The summed E-state index contributed by atoms with van der Waals surface area (Å²) in [5.41, 5.74) is 3.78. The Labute approximate surface area is 129 Å². The van der Waals surface area contributed by atoms with Crippen LogP contribution in [0.3, 0.4) is 0 Å². The van der Waals surface area contributed by atoms with E-state index in [1.165, 1.54) is 24.6 Å². The molecule has 1 aromatic carbocycles. The van der Waals surface area contributed by atoms with E-state index in [-0.39, 0.29) is 5.91 Å². The highest BCUT2D eigenvalue weighted by Gasteiger charge is 2.14. The average molecular weight is 311 g/mol. The van der Waals surface area contributed by atoms with E-state index in [4.69, 9.17) is 11.6 Å². The maximum Gasteiger partial charge on any atom is 0.250 e. The lowest BCUT2D eigenvalue weighted by molar-refractivity contribution is -0.118. The fourth-order valence-corrected chi connectivity index (χ4v) is 3.03. The lowest BCUT2D eigenvalue weighted by atomic mass is 9.89. The third-order valence-corrected chi connectivity index (χ3v) is 4.53. The molecule has 1 N–H and O–H groups in total. The van der Waals surface area contributed by atoms with Gasteiger partial charge >= 0.3 is 0 Å². The van der Waals surface area contributed by atoms with E-state index in [9.17, 15) is 4.79 Å². The van der Waals surface area contributed by atoms with Gasteiger partial charge in [0.25, 0.3) is 0 Å². The Hall–Kier alpha value is -1.00. The maximum atomic E-state index is 11.7. The molecule has 1 aliphatic carbocycles. The van der Waals surface area contributed by atoms with E-state index >= 15 is 0 Å². The number of thioether (sulfide) groups is 1. The van der Waals surface area contributed by atoms with Gasteiger partial charge in [-0.05, 0) is 55.9 Å². The molecular formula is C15H19ClN2OS. The predicted octanol–water partition coefficient (Wildman–Crippen LogP) is 4.11. The van der Waals surface area contributed by atoms with Gasteiger partial charge in [-0.25, -0.2) is 5.43 Å². The third kappa shape index (κ3) is 5.17. The predicted molar refractivity (Wildman–Crippen MR) is 85.4 cm³/mol. The van der Waals surface area contributed by atoms with Crippen LogP contribution in [0.1, 0.15) is 32.6 Å². The summed E-state index contributed by atoms with van der Waals surface area (Å²) >= 11 is 7.30. The second-order valence-electron chi connectivity index (χ2n) is 5.16. The second-order valence-corrected chi connectivity index (χ2v) is 6.64. The summed E-state index contributed by atoms with van der Waals surface area (Å²) in [6.07, 6.45) is 4.45. The number of benzene rings is 1. The number of nitrogens with zero attached hydrogens (tertiary/aromatic N) is 1. The summed E-state index contributed by atoms with van der Waals surface area (Å²) in [5.74, 6) is 0.993. The van der Waals surface area contributed by atoms with Gasteiger partial charge in [-0.3, -0.25) is 4.79 Å². The quantitative estimate of drug-likeness (QED) is 0.671. The molecule has 0 aromatic heterocycles. The molecule has 20 heavy (non-hydrogen) atoms. The van der Waals surface area contributed by atoms with E-state index in [1.54, 1.807) is 0 Å². The largest absolute Gasteiger partial charge is 0.272 e. The van der Waals surface area contributed by atoms with E-state index in [2.05, 4.69) is 17.5 Å². The monoisotopic (exact) mass is 310 g/mol. The SMILES string of the molecule is C[C@H]1CCC/C(=N/NC(=O)CSc2ccc(Cl)cc2)C1. The van der Waals surface area contributed by atoms with Crippen LogP contribution in [-0.4, -0.2) is 17.4 Å². The molecule has 1 saturated carbocycles. The minimum atomic E-state index is -0.0596. The molecule has 0 bridgehead atoms. The molecule has 1 fully saturated rings. The summed E-state index contributed by atoms with van der Waals surface area (Å²) in [5, 5.41) is 4.95. The van der Waals surface area contributed by atoms with Crippen molar-refractivity contribution in [3.63, 3.8) is 0 Å². The van der Waals surface area contributed by atoms with E-state index in [1.807, 2.05) is 24.3 Å². The highest BCUT2D eigenvalue weighted by atomic mass is 35.5. The first kappa shape index (κ1) is 15.4. The molecular weight excluding hydrogens is 292 g/mol. The molecule has 1 aromatic rings. The molecule has 0 saturated heterocycles. The van der Waals surface area contributed by atoms with Crippen LogP contribution in [0.2, 0.25) is 5.02 Å². The number of nitrogens with one attached hydrogen (secondary N) is 1. The zero-order valence-electron chi connectivity index (χ0n) is 11.6. The standard InChI is InChI=1S/C15H19ClN2OS/c1-11-3-2-4-13(9-11)17-18-15(19)10-20-14-7-5-12(16)6-8-14/h5-8,11H,2-4,9-10H2,1H3,(H,18,19)/b17-13-/t11-/m0/s1. The molecule has 3 nitrogen and oxygen atoms in total. The van der Waals surface area contributed by atoms with Crippen molar-refractivity contribution in [3.8, 4) is 0 Å². The van der Waals surface area contributed by atoms with Crippen LogP contribution in [0.5, 0.6) is 0 Å². The Balaban J connectivity index is 1.75. The molecule has 2 rings (SSSR count). The minimum Gasteiger partial charge on any atom is -0.272 e. The number of hydrogen-bond acceptors (Lipinski definition) is 3. The van der Waals surface area contributed by atoms with Gasteiger partial charge in [0, 0.05) is 15.6 Å². The number of rotatable bonds is 4. The molecule has 1 atom stereocenters. The minimum absolute atomic E-state index is 0.0596. The van der Waals surface area contributed by atoms with Crippen molar-refractivity contribution in [2.24, 2.45) is 11.0 Å². The third-order valence-electron chi connectivity index (χ3n) is 3.27. The first-order valence-electron chi connectivity index (χ1n) is 6.86. The lowest BCUT2D eigenvalue weighted by Gasteiger charge is -2.18. The summed E-state index contributed by atoms with van der Waals surface area (Å²) < 4.78 is 0. The van der Waals surface area contributed by atoms with Crippen molar-refractivity contribution < 1.29 is 4.79 Å². The molecule has 0 spiro atoms. The van der Waals surface area contributed by atoms with Gasteiger partial charge in [-0.2, -0.15) is 5.10 Å². The Morgan fingerprint density at radius 2 is 2.20 bits per heavy atom. The van der Waals surface area contributed by atoms with E-state index < -0.39 is 0 Å². The fourth-order valence-electron chi connectivity index (χ4n) is 2.22. The van der Waals surface area contributed by atoms with Gasteiger partial charge in [-0.15, -0.1) is 11.8 Å². The van der Waals surface area contributed by atoms with Crippen molar-refractivity contribution >= 4 is 35.0 Å². The van der Waals surface area contributed by atoms with Crippen molar-refractivity contribution in [2.75, 3.05) is 5.75 Å². The lowest BCUT2D eigenvalue weighted by Crippen LogP contribution is -2.23. The van der Waals surface area contributed by atoms with E-state index in [0.29, 0.717) is 16.7 Å². The van der Waals surface area contributed by atoms with Crippen molar-refractivity contribution in [1.29, 1.82) is 0 Å². The Kier molecular flexibility index (Phi) is 5.92. The summed E-state index contributed by atoms with van der Waals surface area (Å²) in [6.45, 7) is 2.23. The smallest absolute Gasteiger partial charge is 0.250 e. The summed E-state index contributed by atoms with van der Waals surface area (Å²) in [6, 6.07) is 7.47. The fraction of sp³-hybridized carbons (Fsp3) is 0.467. The van der Waals surface area contributed by atoms with Crippen LogP contribution in [0, 0.1) is 5.92 Å². The highest BCUT2D eigenvalue weighted by Crippen LogP contribution is 2.21. The van der Waals surface area contributed by atoms with Gasteiger partial charge in [0.05, 0.1) is 5.75 Å². The van der Waals surface area contributed by atoms with Crippen LogP contribution in [0.25, 0.3) is 0 Å². The van der Waals surface area contributed by atoms with Crippen molar-refractivity contribution in [1.82, 2.24) is 5.43 Å².